The van der Waals surface area contributed by atoms with Gasteiger partial charge in [0.25, 0.3) is 15.0 Å². The number of nitrogens with one attached hydrogen (secondary N) is 1. The van der Waals surface area contributed by atoms with E-state index in [4.69, 9.17) is 15.4 Å². The lowest BCUT2D eigenvalue weighted by Crippen LogP contribution is -2.11. The first-order valence-corrected chi connectivity index (χ1v) is 8.80. The lowest BCUT2D eigenvalue weighted by Gasteiger charge is -2.07. The molecule has 0 aliphatic heterocycles. The summed E-state index contributed by atoms with van der Waals surface area (Å²) >= 11 is 0. The third-order valence-corrected chi connectivity index (χ3v) is 4.19. The minimum atomic E-state index is -3.79. The molecule has 0 saturated carbocycles. The van der Waals surface area contributed by atoms with E-state index in [9.17, 15) is 13.2 Å². The second-order valence-corrected chi connectivity index (χ2v) is 6.94. The Morgan fingerprint density at radius 2 is 1.68 bits per heavy atom. The highest BCUT2D eigenvalue weighted by molar-refractivity contribution is 8.13. The van der Waals surface area contributed by atoms with Crippen LogP contribution < -0.4 is 10.1 Å². The topological polar surface area (TPSA) is 72.5 Å². The first-order chi connectivity index (χ1) is 10.4. The second kappa shape index (κ2) is 6.81. The third kappa shape index (κ3) is 4.22. The Hall–Kier alpha value is -2.05. The fraction of sp³-hybridized carbons (Fsp3) is 0.133. The molecule has 1 amide bonds. The van der Waals surface area contributed by atoms with E-state index < -0.39 is 9.05 Å². The van der Waals surface area contributed by atoms with E-state index in [0.717, 1.165) is 5.75 Å². The first kappa shape index (κ1) is 16.3. The van der Waals surface area contributed by atoms with Crippen molar-refractivity contribution in [3.8, 4) is 5.75 Å². The van der Waals surface area contributed by atoms with Crippen molar-refractivity contribution in [2.45, 2.75) is 11.8 Å². The van der Waals surface area contributed by atoms with Crippen molar-refractivity contribution in [3.63, 3.8) is 0 Å². The monoisotopic (exact) mass is 339 g/mol. The summed E-state index contributed by atoms with van der Waals surface area (Å²) < 4.78 is 27.6. The van der Waals surface area contributed by atoms with E-state index in [0.29, 0.717) is 17.9 Å². The van der Waals surface area contributed by atoms with Gasteiger partial charge in [0.2, 0.25) is 0 Å². The first-order valence-electron chi connectivity index (χ1n) is 6.49. The van der Waals surface area contributed by atoms with Crippen molar-refractivity contribution in [1.29, 1.82) is 0 Å². The molecular formula is C15H14ClNO4S. The summed E-state index contributed by atoms with van der Waals surface area (Å²) in [6.45, 7) is 2.46. The average Bonchev–Trinajstić information content (AvgIpc) is 2.49. The molecule has 0 atom stereocenters. The average molecular weight is 340 g/mol. The minimum absolute atomic E-state index is 0.0493. The van der Waals surface area contributed by atoms with Gasteiger partial charge >= 0.3 is 0 Å². The number of benzene rings is 2. The van der Waals surface area contributed by atoms with Gasteiger partial charge in [-0.05, 0) is 55.5 Å². The van der Waals surface area contributed by atoms with Gasteiger partial charge in [-0.1, -0.05) is 0 Å². The number of amides is 1. The molecule has 0 aromatic heterocycles. The molecule has 2 aromatic carbocycles. The molecule has 116 valence electrons. The van der Waals surface area contributed by atoms with Crippen LogP contribution in [-0.2, 0) is 9.05 Å². The van der Waals surface area contributed by atoms with Crippen LogP contribution in [0.5, 0.6) is 5.75 Å². The molecule has 0 bridgehead atoms. The highest BCUT2D eigenvalue weighted by Crippen LogP contribution is 2.18. The van der Waals surface area contributed by atoms with Crippen LogP contribution in [0.2, 0.25) is 0 Å². The van der Waals surface area contributed by atoms with Gasteiger partial charge in [-0.15, -0.1) is 0 Å². The van der Waals surface area contributed by atoms with E-state index in [1.54, 1.807) is 24.3 Å². The molecular weight excluding hydrogens is 326 g/mol. The van der Waals surface area contributed by atoms with E-state index in [1.165, 1.54) is 24.3 Å². The van der Waals surface area contributed by atoms with E-state index in [-0.39, 0.29) is 10.8 Å². The van der Waals surface area contributed by atoms with Crippen LogP contribution in [0.3, 0.4) is 0 Å². The molecule has 7 heteroatoms. The summed E-state index contributed by atoms with van der Waals surface area (Å²) in [6.07, 6.45) is 0. The summed E-state index contributed by atoms with van der Waals surface area (Å²) in [6, 6.07) is 12.3. The number of carbonyl (C=O) groups is 1. The zero-order valence-electron chi connectivity index (χ0n) is 11.7. The fourth-order valence-corrected chi connectivity index (χ4v) is 2.54. The third-order valence-electron chi connectivity index (χ3n) is 2.82. The minimum Gasteiger partial charge on any atom is -0.494 e. The Morgan fingerprint density at radius 3 is 2.18 bits per heavy atom. The van der Waals surface area contributed by atoms with Crippen LogP contribution in [0.1, 0.15) is 17.3 Å². The maximum absolute atomic E-state index is 12.1. The molecule has 0 fully saturated rings. The summed E-state index contributed by atoms with van der Waals surface area (Å²) in [4.78, 5) is 12.0. The van der Waals surface area contributed by atoms with Crippen LogP contribution in [0.25, 0.3) is 0 Å². The molecule has 5 nitrogen and oxygen atoms in total. The molecule has 2 rings (SSSR count). The van der Waals surface area contributed by atoms with Crippen LogP contribution >= 0.6 is 10.7 Å². The number of rotatable bonds is 5. The van der Waals surface area contributed by atoms with Gasteiger partial charge in [-0.2, -0.15) is 0 Å². The highest BCUT2D eigenvalue weighted by Gasteiger charge is 2.11. The van der Waals surface area contributed by atoms with Crippen molar-refractivity contribution in [3.05, 3.63) is 54.1 Å². The maximum Gasteiger partial charge on any atom is 0.261 e. The van der Waals surface area contributed by atoms with Gasteiger partial charge in [0.1, 0.15) is 5.75 Å². The van der Waals surface area contributed by atoms with Crippen molar-refractivity contribution in [2.75, 3.05) is 11.9 Å². The zero-order chi connectivity index (χ0) is 16.2. The van der Waals surface area contributed by atoms with Gasteiger partial charge < -0.3 is 10.1 Å². The number of carbonyl (C=O) groups excluding carboxylic acids is 1. The van der Waals surface area contributed by atoms with Crippen LogP contribution in [0, 0.1) is 0 Å². The fourth-order valence-electron chi connectivity index (χ4n) is 1.77. The maximum atomic E-state index is 12.1. The van der Waals surface area contributed by atoms with Crippen molar-refractivity contribution in [1.82, 2.24) is 0 Å². The Labute approximate surface area is 133 Å². The molecule has 1 N–H and O–H groups in total. The van der Waals surface area contributed by atoms with Crippen LogP contribution in [-0.4, -0.2) is 20.9 Å². The zero-order valence-corrected chi connectivity index (χ0v) is 13.3. The Morgan fingerprint density at radius 1 is 1.09 bits per heavy atom. The van der Waals surface area contributed by atoms with Crippen LogP contribution in [0.15, 0.2) is 53.4 Å². The predicted molar refractivity (Wildman–Crippen MR) is 85.0 cm³/mol. The molecule has 0 aliphatic rings. The second-order valence-electron chi connectivity index (χ2n) is 4.37. The summed E-state index contributed by atoms with van der Waals surface area (Å²) in [5.41, 5.74) is 0.945. The number of hydrogen-bond acceptors (Lipinski definition) is 4. The number of halogens is 1. The molecule has 0 unspecified atom stereocenters. The molecule has 0 spiro atoms. The highest BCUT2D eigenvalue weighted by atomic mass is 35.7. The van der Waals surface area contributed by atoms with Crippen molar-refractivity contribution >= 4 is 31.3 Å². The van der Waals surface area contributed by atoms with Crippen molar-refractivity contribution < 1.29 is 17.9 Å². The van der Waals surface area contributed by atoms with Crippen molar-refractivity contribution in [2.24, 2.45) is 0 Å². The van der Waals surface area contributed by atoms with E-state index in [2.05, 4.69) is 5.32 Å². The van der Waals surface area contributed by atoms with Gasteiger partial charge in [-0.25, -0.2) is 8.42 Å². The van der Waals surface area contributed by atoms with Gasteiger partial charge in [0, 0.05) is 21.9 Å². The van der Waals surface area contributed by atoms with E-state index in [1.807, 2.05) is 6.92 Å². The smallest absolute Gasteiger partial charge is 0.261 e. The quantitative estimate of drug-likeness (QED) is 0.848. The van der Waals surface area contributed by atoms with E-state index >= 15 is 0 Å². The van der Waals surface area contributed by atoms with Gasteiger partial charge in [-0.3, -0.25) is 4.79 Å². The molecule has 22 heavy (non-hydrogen) atoms. The largest absolute Gasteiger partial charge is 0.494 e. The number of ether oxygens (including phenoxy) is 1. The lowest BCUT2D eigenvalue weighted by molar-refractivity contribution is 0.102. The number of anilines is 1. The summed E-state index contributed by atoms with van der Waals surface area (Å²) in [7, 11) is 1.43. The van der Waals surface area contributed by atoms with Crippen LogP contribution in [0.4, 0.5) is 5.69 Å². The van der Waals surface area contributed by atoms with Gasteiger partial charge in [0.15, 0.2) is 0 Å². The van der Waals surface area contributed by atoms with Gasteiger partial charge in [0.05, 0.1) is 11.5 Å². The normalized spacial score (nSPS) is 11.0. The molecule has 0 aliphatic carbocycles. The predicted octanol–water partition coefficient (Wildman–Crippen LogP) is 3.27. The lowest BCUT2D eigenvalue weighted by atomic mass is 10.2. The Balaban J connectivity index is 2.08. The SMILES string of the molecule is CCOc1ccc(NC(=O)c2ccc(S(=O)(=O)Cl)cc2)cc1. The summed E-state index contributed by atoms with van der Waals surface area (Å²) in [5, 5.41) is 2.71. The molecule has 0 radical (unpaired) electrons. The number of hydrogen-bond donors (Lipinski definition) is 1. The molecule has 2 aromatic rings. The standard InChI is InChI=1S/C15H14ClNO4S/c1-2-21-13-7-5-12(6-8-13)17-15(18)11-3-9-14(10-4-11)22(16,19)20/h3-10H,2H2,1H3,(H,17,18). The Bertz CT molecular complexity index is 755. The Kier molecular flexibility index (Phi) is 5.05. The summed E-state index contributed by atoms with van der Waals surface area (Å²) in [5.74, 6) is 0.375. The molecule has 0 heterocycles. The molecule has 0 saturated heterocycles.